The number of hydrogen-bond acceptors (Lipinski definition) is 1. The van der Waals surface area contributed by atoms with E-state index < -0.39 is 6.36 Å². The summed E-state index contributed by atoms with van der Waals surface area (Å²) in [6.07, 6.45) is 1.31. The van der Waals surface area contributed by atoms with Gasteiger partial charge in [0.2, 0.25) is 0 Å². The third-order valence-electron chi connectivity index (χ3n) is 4.60. The number of benzene rings is 1. The van der Waals surface area contributed by atoms with Gasteiger partial charge in [-0.05, 0) is 68.1 Å². The van der Waals surface area contributed by atoms with Gasteiger partial charge >= 0.3 is 6.36 Å². The van der Waals surface area contributed by atoms with Gasteiger partial charge in [-0.25, -0.2) is 0 Å². The Bertz CT molecular complexity index is 462. The molecule has 0 heterocycles. The molecule has 118 valence electrons. The zero-order valence-corrected chi connectivity index (χ0v) is 12.9. The molecule has 0 spiro atoms. The topological polar surface area (TPSA) is 9.23 Å². The van der Waals surface area contributed by atoms with Gasteiger partial charge in [0, 0.05) is 0 Å². The molecule has 2 rings (SSSR count). The molecule has 0 atom stereocenters. The van der Waals surface area contributed by atoms with Crippen molar-refractivity contribution in [3.8, 4) is 5.75 Å². The highest BCUT2D eigenvalue weighted by atomic mass is 19.4. The smallest absolute Gasteiger partial charge is 0.405 e. The van der Waals surface area contributed by atoms with E-state index in [-0.39, 0.29) is 5.75 Å². The van der Waals surface area contributed by atoms with Crippen LogP contribution in [0.4, 0.5) is 13.2 Å². The van der Waals surface area contributed by atoms with E-state index >= 15 is 0 Å². The molecule has 1 nitrogen and oxygen atoms in total. The van der Waals surface area contributed by atoms with Crippen molar-refractivity contribution in [1.82, 2.24) is 0 Å². The maximum atomic E-state index is 12.4. The predicted octanol–water partition coefficient (Wildman–Crippen LogP) is 5.89. The molecule has 0 saturated heterocycles. The molecule has 0 bridgehead atoms. The van der Waals surface area contributed by atoms with Crippen LogP contribution in [-0.4, -0.2) is 6.36 Å². The number of aryl methyl sites for hydroxylation is 2. The molecule has 1 saturated carbocycles. The van der Waals surface area contributed by atoms with Crippen molar-refractivity contribution in [3.63, 3.8) is 0 Å². The van der Waals surface area contributed by atoms with Gasteiger partial charge in [0.1, 0.15) is 5.75 Å². The van der Waals surface area contributed by atoms with Crippen molar-refractivity contribution < 1.29 is 17.9 Å². The van der Waals surface area contributed by atoms with E-state index in [0.29, 0.717) is 17.0 Å². The molecule has 21 heavy (non-hydrogen) atoms. The van der Waals surface area contributed by atoms with Crippen LogP contribution in [0.1, 0.15) is 61.6 Å². The SMILES string of the molecule is CCC1CCC(c2cc(C)c(OC(F)(F)F)c(C)c2)CC1. The first-order valence-electron chi connectivity index (χ1n) is 7.67. The van der Waals surface area contributed by atoms with E-state index in [0.717, 1.165) is 24.3 Å². The van der Waals surface area contributed by atoms with Gasteiger partial charge < -0.3 is 4.74 Å². The van der Waals surface area contributed by atoms with Crippen molar-refractivity contribution in [2.45, 2.75) is 65.2 Å². The molecule has 1 aliphatic carbocycles. The zero-order valence-electron chi connectivity index (χ0n) is 12.9. The quantitative estimate of drug-likeness (QED) is 0.676. The molecule has 1 fully saturated rings. The van der Waals surface area contributed by atoms with Gasteiger partial charge in [0.25, 0.3) is 0 Å². The lowest BCUT2D eigenvalue weighted by Crippen LogP contribution is -2.19. The van der Waals surface area contributed by atoms with E-state index in [1.807, 2.05) is 12.1 Å². The summed E-state index contributed by atoms with van der Waals surface area (Å²) in [5, 5.41) is 0. The fourth-order valence-corrected chi connectivity index (χ4v) is 3.40. The molecule has 1 aromatic carbocycles. The molecular formula is C17H23F3O. The van der Waals surface area contributed by atoms with Gasteiger partial charge in [-0.2, -0.15) is 0 Å². The third kappa shape index (κ3) is 4.14. The highest BCUT2D eigenvalue weighted by Gasteiger charge is 2.33. The molecule has 0 unspecified atom stereocenters. The lowest BCUT2D eigenvalue weighted by molar-refractivity contribution is -0.275. The minimum Gasteiger partial charge on any atom is -0.405 e. The summed E-state index contributed by atoms with van der Waals surface area (Å²) in [7, 11) is 0. The molecule has 0 N–H and O–H groups in total. The molecule has 0 aliphatic heterocycles. The second kappa shape index (κ2) is 6.29. The summed E-state index contributed by atoms with van der Waals surface area (Å²) >= 11 is 0. The highest BCUT2D eigenvalue weighted by molar-refractivity contribution is 5.44. The molecule has 0 aromatic heterocycles. The first-order chi connectivity index (χ1) is 9.80. The van der Waals surface area contributed by atoms with E-state index in [1.165, 1.54) is 19.3 Å². The Morgan fingerprint density at radius 3 is 2.00 bits per heavy atom. The van der Waals surface area contributed by atoms with Gasteiger partial charge in [-0.15, -0.1) is 13.2 Å². The normalized spacial score (nSPS) is 23.1. The zero-order chi connectivity index (χ0) is 15.6. The van der Waals surface area contributed by atoms with Gasteiger partial charge in [0.05, 0.1) is 0 Å². The van der Waals surface area contributed by atoms with Crippen LogP contribution in [0.3, 0.4) is 0 Å². The fraction of sp³-hybridized carbons (Fsp3) is 0.647. The summed E-state index contributed by atoms with van der Waals surface area (Å²) < 4.78 is 41.4. The van der Waals surface area contributed by atoms with E-state index in [9.17, 15) is 13.2 Å². The average Bonchev–Trinajstić information content (AvgIpc) is 2.42. The number of ether oxygens (including phenoxy) is 1. The largest absolute Gasteiger partial charge is 0.573 e. The number of hydrogen-bond donors (Lipinski definition) is 0. The minimum absolute atomic E-state index is 0.0477. The molecule has 0 radical (unpaired) electrons. The van der Waals surface area contributed by atoms with Gasteiger partial charge in [-0.3, -0.25) is 0 Å². The van der Waals surface area contributed by atoms with Gasteiger partial charge in [0.15, 0.2) is 0 Å². The third-order valence-corrected chi connectivity index (χ3v) is 4.60. The standard InChI is InChI=1S/C17H23F3O/c1-4-13-5-7-14(8-6-13)15-9-11(2)16(12(3)10-15)21-17(18,19)20/h9-10,13-14H,4-8H2,1-3H3. The van der Waals surface area contributed by atoms with Crippen molar-refractivity contribution in [2.24, 2.45) is 5.92 Å². The summed E-state index contributed by atoms with van der Waals surface area (Å²) in [5.41, 5.74) is 2.30. The Balaban J connectivity index is 2.16. The monoisotopic (exact) mass is 300 g/mol. The molecular weight excluding hydrogens is 277 g/mol. The minimum atomic E-state index is -4.63. The second-order valence-corrected chi connectivity index (χ2v) is 6.16. The van der Waals surface area contributed by atoms with Crippen LogP contribution in [0.2, 0.25) is 0 Å². The van der Waals surface area contributed by atoms with Gasteiger partial charge in [-0.1, -0.05) is 25.5 Å². The predicted molar refractivity (Wildman–Crippen MR) is 77.6 cm³/mol. The van der Waals surface area contributed by atoms with Crippen LogP contribution in [0.5, 0.6) is 5.75 Å². The summed E-state index contributed by atoms with van der Waals surface area (Å²) in [4.78, 5) is 0. The molecule has 1 aromatic rings. The summed E-state index contributed by atoms with van der Waals surface area (Å²) in [5.74, 6) is 1.25. The number of halogens is 3. The van der Waals surface area contributed by atoms with E-state index in [2.05, 4.69) is 11.7 Å². The first kappa shape index (κ1) is 16.2. The maximum absolute atomic E-state index is 12.4. The Morgan fingerprint density at radius 1 is 1.05 bits per heavy atom. The second-order valence-electron chi connectivity index (χ2n) is 6.16. The van der Waals surface area contributed by atoms with Crippen molar-refractivity contribution in [2.75, 3.05) is 0 Å². The fourth-order valence-electron chi connectivity index (χ4n) is 3.40. The Hall–Kier alpha value is -1.19. The maximum Gasteiger partial charge on any atom is 0.573 e. The van der Waals surface area contributed by atoms with Crippen LogP contribution in [0, 0.1) is 19.8 Å². The van der Waals surface area contributed by atoms with Crippen molar-refractivity contribution >= 4 is 0 Å². The summed E-state index contributed by atoms with van der Waals surface area (Å²) in [6.45, 7) is 5.60. The van der Waals surface area contributed by atoms with E-state index in [1.54, 1.807) is 13.8 Å². The van der Waals surface area contributed by atoms with Crippen LogP contribution in [-0.2, 0) is 0 Å². The average molecular weight is 300 g/mol. The van der Waals surface area contributed by atoms with Crippen LogP contribution in [0.15, 0.2) is 12.1 Å². The lowest BCUT2D eigenvalue weighted by atomic mass is 9.77. The lowest BCUT2D eigenvalue weighted by Gasteiger charge is -2.29. The van der Waals surface area contributed by atoms with Crippen LogP contribution >= 0.6 is 0 Å². The molecule has 0 amide bonds. The van der Waals surface area contributed by atoms with Crippen LogP contribution in [0.25, 0.3) is 0 Å². The highest BCUT2D eigenvalue weighted by Crippen LogP contribution is 2.39. The Labute approximate surface area is 124 Å². The Morgan fingerprint density at radius 2 is 1.57 bits per heavy atom. The van der Waals surface area contributed by atoms with Crippen molar-refractivity contribution in [1.29, 1.82) is 0 Å². The van der Waals surface area contributed by atoms with Crippen molar-refractivity contribution in [3.05, 3.63) is 28.8 Å². The number of rotatable bonds is 3. The first-order valence-corrected chi connectivity index (χ1v) is 7.67. The van der Waals surface area contributed by atoms with Crippen LogP contribution < -0.4 is 4.74 Å². The summed E-state index contributed by atoms with van der Waals surface area (Å²) in [6, 6.07) is 3.73. The Kier molecular flexibility index (Phi) is 4.84. The molecule has 4 heteroatoms. The molecule has 1 aliphatic rings. The van der Waals surface area contributed by atoms with E-state index in [4.69, 9.17) is 0 Å². The number of alkyl halides is 3.